The van der Waals surface area contributed by atoms with Gasteiger partial charge in [0, 0.05) is 6.07 Å². The van der Waals surface area contributed by atoms with Crippen LogP contribution < -0.4 is 5.32 Å². The first-order valence-electron chi connectivity index (χ1n) is 4.83. The monoisotopic (exact) mass is 251 g/mol. The van der Waals surface area contributed by atoms with E-state index in [-0.39, 0.29) is 17.2 Å². The largest absolute Gasteiger partial charge is 0.476 e. The average Bonchev–Trinajstić information content (AvgIpc) is 2.33. The predicted octanol–water partition coefficient (Wildman–Crippen LogP) is 2.20. The van der Waals surface area contributed by atoms with E-state index >= 15 is 0 Å². The van der Waals surface area contributed by atoms with Gasteiger partial charge in [-0.25, -0.2) is 23.5 Å². The molecule has 0 bridgehead atoms. The van der Waals surface area contributed by atoms with Crippen LogP contribution in [0, 0.1) is 11.6 Å². The SMILES string of the molecule is O=C(O)c1cnc(Nc2ccc(F)cc2F)cn1. The smallest absolute Gasteiger partial charge is 0.356 e. The molecular formula is C11H7F2N3O2. The lowest BCUT2D eigenvalue weighted by Crippen LogP contribution is -2.03. The van der Waals surface area contributed by atoms with Gasteiger partial charge in [-0.15, -0.1) is 0 Å². The van der Waals surface area contributed by atoms with Crippen molar-refractivity contribution in [2.45, 2.75) is 0 Å². The summed E-state index contributed by atoms with van der Waals surface area (Å²) in [6.45, 7) is 0. The summed E-state index contributed by atoms with van der Waals surface area (Å²) in [5.41, 5.74) is -0.200. The van der Waals surface area contributed by atoms with E-state index in [4.69, 9.17) is 5.11 Å². The number of aromatic nitrogens is 2. The van der Waals surface area contributed by atoms with Crippen LogP contribution in [-0.4, -0.2) is 21.0 Å². The minimum Gasteiger partial charge on any atom is -0.476 e. The zero-order chi connectivity index (χ0) is 13.1. The van der Waals surface area contributed by atoms with Gasteiger partial charge in [0.25, 0.3) is 0 Å². The summed E-state index contributed by atoms with van der Waals surface area (Å²) >= 11 is 0. The van der Waals surface area contributed by atoms with Gasteiger partial charge in [0.1, 0.15) is 17.5 Å². The number of halogens is 2. The van der Waals surface area contributed by atoms with Crippen molar-refractivity contribution < 1.29 is 18.7 Å². The normalized spacial score (nSPS) is 10.1. The van der Waals surface area contributed by atoms with E-state index < -0.39 is 17.6 Å². The predicted molar refractivity (Wildman–Crippen MR) is 58.6 cm³/mol. The van der Waals surface area contributed by atoms with Gasteiger partial charge in [0.2, 0.25) is 0 Å². The van der Waals surface area contributed by atoms with Gasteiger partial charge in [-0.2, -0.15) is 0 Å². The third kappa shape index (κ3) is 2.57. The minimum atomic E-state index is -1.21. The van der Waals surface area contributed by atoms with Crippen LogP contribution in [0.25, 0.3) is 0 Å². The van der Waals surface area contributed by atoms with E-state index in [1.165, 1.54) is 6.07 Å². The van der Waals surface area contributed by atoms with E-state index in [0.29, 0.717) is 0 Å². The van der Waals surface area contributed by atoms with Gasteiger partial charge in [0.15, 0.2) is 5.69 Å². The number of aromatic carboxylic acids is 1. The maximum atomic E-state index is 13.3. The van der Waals surface area contributed by atoms with Gasteiger partial charge < -0.3 is 10.4 Å². The minimum absolute atomic E-state index is 0.0220. The van der Waals surface area contributed by atoms with Gasteiger partial charge >= 0.3 is 5.97 Å². The van der Waals surface area contributed by atoms with E-state index in [0.717, 1.165) is 24.5 Å². The van der Waals surface area contributed by atoms with E-state index in [2.05, 4.69) is 15.3 Å². The fourth-order valence-corrected chi connectivity index (χ4v) is 1.23. The van der Waals surface area contributed by atoms with Crippen LogP contribution in [0.5, 0.6) is 0 Å². The molecular weight excluding hydrogens is 244 g/mol. The first-order valence-corrected chi connectivity index (χ1v) is 4.83. The number of anilines is 2. The summed E-state index contributed by atoms with van der Waals surface area (Å²) < 4.78 is 26.0. The summed E-state index contributed by atoms with van der Waals surface area (Å²) in [6.07, 6.45) is 2.18. The van der Waals surface area contributed by atoms with Gasteiger partial charge in [-0.05, 0) is 12.1 Å². The number of carboxylic acid groups (broad SMARTS) is 1. The number of rotatable bonds is 3. The van der Waals surface area contributed by atoms with Crippen molar-refractivity contribution >= 4 is 17.5 Å². The number of benzene rings is 1. The topological polar surface area (TPSA) is 75.1 Å². The van der Waals surface area contributed by atoms with Gasteiger partial charge in [-0.1, -0.05) is 0 Å². The highest BCUT2D eigenvalue weighted by atomic mass is 19.1. The Morgan fingerprint density at radius 2 is 2.00 bits per heavy atom. The third-order valence-corrected chi connectivity index (χ3v) is 2.06. The molecule has 0 aliphatic carbocycles. The molecule has 2 rings (SSSR count). The van der Waals surface area contributed by atoms with Gasteiger partial charge in [-0.3, -0.25) is 0 Å². The maximum Gasteiger partial charge on any atom is 0.356 e. The highest BCUT2D eigenvalue weighted by molar-refractivity contribution is 5.85. The van der Waals surface area contributed by atoms with Crippen molar-refractivity contribution in [3.8, 4) is 0 Å². The Kier molecular flexibility index (Phi) is 3.13. The maximum absolute atomic E-state index is 13.3. The fourth-order valence-electron chi connectivity index (χ4n) is 1.23. The summed E-state index contributed by atoms with van der Waals surface area (Å²) in [6, 6.07) is 3.02. The second-order valence-electron chi connectivity index (χ2n) is 3.34. The molecule has 1 aromatic carbocycles. The Morgan fingerprint density at radius 3 is 2.56 bits per heavy atom. The molecule has 5 nitrogen and oxygen atoms in total. The molecule has 0 spiro atoms. The Bertz CT molecular complexity index is 587. The number of hydrogen-bond donors (Lipinski definition) is 2. The number of hydrogen-bond acceptors (Lipinski definition) is 4. The summed E-state index contributed by atoms with van der Waals surface area (Å²) in [5.74, 6) is -2.52. The van der Waals surface area contributed by atoms with Crippen LogP contribution in [0.4, 0.5) is 20.3 Å². The molecule has 0 amide bonds. The van der Waals surface area contributed by atoms with Crippen LogP contribution in [0.1, 0.15) is 10.5 Å². The summed E-state index contributed by atoms with van der Waals surface area (Å²) in [7, 11) is 0. The Balaban J connectivity index is 2.21. The fraction of sp³-hybridized carbons (Fsp3) is 0. The molecule has 2 N–H and O–H groups in total. The molecule has 1 heterocycles. The summed E-state index contributed by atoms with van der Waals surface area (Å²) in [5, 5.41) is 11.2. The van der Waals surface area contributed by atoms with Crippen LogP contribution in [0.2, 0.25) is 0 Å². The average molecular weight is 251 g/mol. The zero-order valence-corrected chi connectivity index (χ0v) is 8.89. The van der Waals surface area contributed by atoms with E-state index in [1.807, 2.05) is 0 Å². The highest BCUT2D eigenvalue weighted by Crippen LogP contribution is 2.18. The zero-order valence-electron chi connectivity index (χ0n) is 8.89. The first-order chi connectivity index (χ1) is 8.56. The number of carboxylic acids is 1. The standard InChI is InChI=1S/C11H7F2N3O2/c12-6-1-2-8(7(13)3-6)16-10-5-14-9(4-15-10)11(17)18/h1-5H,(H,15,16)(H,17,18). The van der Waals surface area contributed by atoms with Crippen molar-refractivity contribution in [1.29, 1.82) is 0 Å². The Labute approximate surface area is 100 Å². The summed E-state index contributed by atoms with van der Waals surface area (Å²) in [4.78, 5) is 17.9. The molecule has 0 aliphatic heterocycles. The third-order valence-electron chi connectivity index (χ3n) is 2.06. The molecule has 0 unspecified atom stereocenters. The highest BCUT2D eigenvalue weighted by Gasteiger charge is 2.07. The van der Waals surface area contributed by atoms with E-state index in [1.54, 1.807) is 0 Å². The van der Waals surface area contributed by atoms with Crippen molar-refractivity contribution in [2.75, 3.05) is 5.32 Å². The van der Waals surface area contributed by atoms with Crippen LogP contribution >= 0.6 is 0 Å². The Morgan fingerprint density at radius 1 is 1.22 bits per heavy atom. The lowest BCUT2D eigenvalue weighted by molar-refractivity contribution is 0.0690. The molecule has 92 valence electrons. The molecule has 0 atom stereocenters. The Hall–Kier alpha value is -2.57. The molecule has 0 fully saturated rings. The van der Waals surface area contributed by atoms with Crippen LogP contribution in [-0.2, 0) is 0 Å². The van der Waals surface area contributed by atoms with Crippen molar-refractivity contribution in [1.82, 2.24) is 9.97 Å². The molecule has 0 aliphatic rings. The second-order valence-corrected chi connectivity index (χ2v) is 3.34. The number of carbonyl (C=O) groups is 1. The second kappa shape index (κ2) is 4.74. The van der Waals surface area contributed by atoms with Crippen LogP contribution in [0.3, 0.4) is 0 Å². The number of nitrogens with one attached hydrogen (secondary N) is 1. The molecule has 18 heavy (non-hydrogen) atoms. The molecule has 7 heteroatoms. The van der Waals surface area contributed by atoms with Crippen molar-refractivity contribution in [3.63, 3.8) is 0 Å². The molecule has 1 aromatic heterocycles. The molecule has 0 saturated carbocycles. The first kappa shape index (κ1) is 11.9. The lowest BCUT2D eigenvalue weighted by atomic mass is 10.3. The van der Waals surface area contributed by atoms with Crippen LogP contribution in [0.15, 0.2) is 30.6 Å². The van der Waals surface area contributed by atoms with Gasteiger partial charge in [0.05, 0.1) is 18.1 Å². The van der Waals surface area contributed by atoms with Crippen molar-refractivity contribution in [3.05, 3.63) is 47.9 Å². The molecule has 0 saturated heterocycles. The van der Waals surface area contributed by atoms with E-state index in [9.17, 15) is 13.6 Å². The van der Waals surface area contributed by atoms with Crippen molar-refractivity contribution in [2.24, 2.45) is 0 Å². The lowest BCUT2D eigenvalue weighted by Gasteiger charge is -2.06. The molecule has 0 radical (unpaired) electrons. The quantitative estimate of drug-likeness (QED) is 0.874. The number of nitrogens with zero attached hydrogens (tertiary/aromatic N) is 2. The molecule has 2 aromatic rings.